The number of rotatable bonds is 2. The van der Waals surface area contributed by atoms with Crippen LogP contribution in [-0.4, -0.2) is 16.4 Å². The fourth-order valence-electron chi connectivity index (χ4n) is 2.09. The Morgan fingerprint density at radius 1 is 1.09 bits per heavy atom. The van der Waals surface area contributed by atoms with Crippen LogP contribution in [0.25, 0.3) is 0 Å². The Bertz CT molecular complexity index is 731. The summed E-state index contributed by atoms with van der Waals surface area (Å²) in [6, 6.07) is 8.84. The summed E-state index contributed by atoms with van der Waals surface area (Å²) in [5.41, 5.74) is 2.95. The predicted octanol–water partition coefficient (Wildman–Crippen LogP) is 5.11. The Kier molecular flexibility index (Phi) is 4.47. The lowest BCUT2D eigenvalue weighted by atomic mass is 9.87. The number of phenols is 2. The third-order valence-electron chi connectivity index (χ3n) is 3.42. The fraction of sp³-hybridized carbons (Fsp3) is 0.278. The van der Waals surface area contributed by atoms with Crippen molar-refractivity contribution in [3.63, 3.8) is 0 Å². The summed E-state index contributed by atoms with van der Waals surface area (Å²) in [7, 11) is 0. The number of benzene rings is 2. The summed E-state index contributed by atoms with van der Waals surface area (Å²) in [6.07, 6.45) is 1.51. The molecule has 3 nitrogen and oxygen atoms in total. The Balaban J connectivity index is 2.43. The van der Waals surface area contributed by atoms with Gasteiger partial charge in [0.15, 0.2) is 0 Å². The number of hydrogen-bond donors (Lipinski definition) is 2. The number of aromatic hydroxyl groups is 2. The molecule has 0 fully saturated rings. The number of aryl methyl sites for hydroxylation is 1. The average Bonchev–Trinajstić information content (AvgIpc) is 2.41. The van der Waals surface area contributed by atoms with E-state index >= 15 is 0 Å². The highest BCUT2D eigenvalue weighted by molar-refractivity contribution is 6.32. The second-order valence-corrected chi connectivity index (χ2v) is 6.80. The van der Waals surface area contributed by atoms with Crippen LogP contribution in [0.4, 0.5) is 5.69 Å². The highest BCUT2D eigenvalue weighted by Crippen LogP contribution is 2.33. The smallest absolute Gasteiger partial charge is 0.142 e. The highest BCUT2D eigenvalue weighted by Gasteiger charge is 2.15. The van der Waals surface area contributed by atoms with Crippen molar-refractivity contribution in [1.29, 1.82) is 0 Å². The van der Waals surface area contributed by atoms with Crippen molar-refractivity contribution in [2.45, 2.75) is 33.1 Å². The van der Waals surface area contributed by atoms with Gasteiger partial charge in [-0.3, -0.25) is 4.99 Å². The van der Waals surface area contributed by atoms with E-state index in [1.807, 2.05) is 19.1 Å². The molecule has 0 radical (unpaired) electrons. The fourth-order valence-corrected chi connectivity index (χ4v) is 2.37. The van der Waals surface area contributed by atoms with Crippen LogP contribution >= 0.6 is 11.6 Å². The van der Waals surface area contributed by atoms with E-state index in [-0.39, 0.29) is 21.9 Å². The predicted molar refractivity (Wildman–Crippen MR) is 91.9 cm³/mol. The average molecular weight is 318 g/mol. The molecule has 0 aliphatic carbocycles. The van der Waals surface area contributed by atoms with E-state index in [1.54, 1.807) is 18.2 Å². The Morgan fingerprint density at radius 2 is 1.77 bits per heavy atom. The number of hydrogen-bond acceptors (Lipinski definition) is 3. The van der Waals surface area contributed by atoms with Crippen LogP contribution in [0.5, 0.6) is 11.5 Å². The summed E-state index contributed by atoms with van der Waals surface area (Å²) in [5.74, 6) is 0.0879. The van der Waals surface area contributed by atoms with Crippen molar-refractivity contribution < 1.29 is 10.2 Å². The number of halogens is 1. The van der Waals surface area contributed by atoms with E-state index in [2.05, 4.69) is 25.8 Å². The van der Waals surface area contributed by atoms with Gasteiger partial charge in [0.1, 0.15) is 17.2 Å². The van der Waals surface area contributed by atoms with Gasteiger partial charge in [0.2, 0.25) is 0 Å². The standard InChI is InChI=1S/C18H20ClNO2/c1-11-7-12(17(22)14(19)8-11)10-20-15-9-13(18(2,3)4)5-6-16(15)21/h5-10,21-22H,1-4H3. The zero-order valence-electron chi connectivity index (χ0n) is 13.2. The third-order valence-corrected chi connectivity index (χ3v) is 3.71. The van der Waals surface area contributed by atoms with Crippen LogP contribution in [0.1, 0.15) is 37.5 Å². The minimum atomic E-state index is -0.0350. The van der Waals surface area contributed by atoms with Gasteiger partial charge in [-0.1, -0.05) is 38.4 Å². The van der Waals surface area contributed by atoms with Crippen LogP contribution in [0.15, 0.2) is 35.3 Å². The lowest BCUT2D eigenvalue weighted by Gasteiger charge is -2.19. The lowest BCUT2D eigenvalue weighted by Crippen LogP contribution is -2.10. The molecular weight excluding hydrogens is 298 g/mol. The Hall–Kier alpha value is -2.00. The van der Waals surface area contributed by atoms with Gasteiger partial charge in [0.05, 0.1) is 5.02 Å². The molecule has 2 N–H and O–H groups in total. The van der Waals surface area contributed by atoms with E-state index in [0.29, 0.717) is 11.3 Å². The molecule has 0 aliphatic rings. The largest absolute Gasteiger partial charge is 0.506 e. The van der Waals surface area contributed by atoms with E-state index in [4.69, 9.17) is 11.6 Å². The summed E-state index contributed by atoms with van der Waals surface area (Å²) in [5, 5.41) is 20.2. The van der Waals surface area contributed by atoms with Gasteiger partial charge in [-0.25, -0.2) is 0 Å². The third kappa shape index (κ3) is 3.60. The van der Waals surface area contributed by atoms with Crippen LogP contribution in [0.3, 0.4) is 0 Å². The first kappa shape index (κ1) is 16.4. The Morgan fingerprint density at radius 3 is 2.41 bits per heavy atom. The van der Waals surface area contributed by atoms with Crippen molar-refractivity contribution >= 4 is 23.5 Å². The maximum absolute atomic E-state index is 9.97. The first-order valence-corrected chi connectivity index (χ1v) is 7.43. The SMILES string of the molecule is Cc1cc(Cl)c(O)c(C=Nc2cc(C(C)(C)C)ccc2O)c1. The number of phenolic OH excluding ortho intramolecular Hbond substituents is 2. The normalized spacial score (nSPS) is 12.0. The Labute approximate surface area is 135 Å². The molecule has 0 saturated heterocycles. The van der Waals surface area contributed by atoms with Crippen molar-refractivity contribution in [1.82, 2.24) is 0 Å². The molecule has 0 spiro atoms. The van der Waals surface area contributed by atoms with Crippen molar-refractivity contribution in [3.05, 3.63) is 52.0 Å². The quantitative estimate of drug-likeness (QED) is 0.756. The topological polar surface area (TPSA) is 52.8 Å². The molecule has 0 aromatic heterocycles. The van der Waals surface area contributed by atoms with Crippen LogP contribution in [0.2, 0.25) is 5.02 Å². The van der Waals surface area contributed by atoms with Crippen LogP contribution in [0, 0.1) is 6.92 Å². The molecule has 116 valence electrons. The molecule has 4 heteroatoms. The van der Waals surface area contributed by atoms with Gasteiger partial charge in [0.25, 0.3) is 0 Å². The molecule has 0 bridgehead atoms. The summed E-state index contributed by atoms with van der Waals surface area (Å²) < 4.78 is 0. The van der Waals surface area contributed by atoms with Crippen molar-refractivity contribution in [2.75, 3.05) is 0 Å². The molecule has 0 amide bonds. The molecule has 0 heterocycles. The molecule has 22 heavy (non-hydrogen) atoms. The van der Waals surface area contributed by atoms with Gasteiger partial charge in [-0.2, -0.15) is 0 Å². The molecule has 0 unspecified atom stereocenters. The maximum Gasteiger partial charge on any atom is 0.142 e. The second kappa shape index (κ2) is 6.01. The first-order chi connectivity index (χ1) is 10.2. The first-order valence-electron chi connectivity index (χ1n) is 7.05. The molecule has 2 aromatic carbocycles. The van der Waals surface area contributed by atoms with E-state index in [9.17, 15) is 10.2 Å². The zero-order chi connectivity index (χ0) is 16.5. The number of nitrogens with zero attached hydrogens (tertiary/aromatic N) is 1. The monoisotopic (exact) mass is 317 g/mol. The van der Waals surface area contributed by atoms with Crippen molar-refractivity contribution in [3.8, 4) is 11.5 Å². The molecular formula is C18H20ClNO2. The summed E-state index contributed by atoms with van der Waals surface area (Å²) in [4.78, 5) is 4.30. The zero-order valence-corrected chi connectivity index (χ0v) is 13.9. The lowest BCUT2D eigenvalue weighted by molar-refractivity contribution is 0.473. The van der Waals surface area contributed by atoms with E-state index in [1.165, 1.54) is 6.21 Å². The van der Waals surface area contributed by atoms with Crippen LogP contribution < -0.4 is 0 Å². The van der Waals surface area contributed by atoms with Gasteiger partial charge >= 0.3 is 0 Å². The van der Waals surface area contributed by atoms with Gasteiger partial charge in [-0.05, 0) is 47.7 Å². The van der Waals surface area contributed by atoms with E-state index in [0.717, 1.165) is 11.1 Å². The van der Waals surface area contributed by atoms with Gasteiger partial charge < -0.3 is 10.2 Å². The molecule has 2 aromatic rings. The van der Waals surface area contributed by atoms with Crippen molar-refractivity contribution in [2.24, 2.45) is 4.99 Å². The number of aliphatic imine (C=N–C) groups is 1. The molecule has 0 aliphatic heterocycles. The molecule has 0 saturated carbocycles. The second-order valence-electron chi connectivity index (χ2n) is 6.40. The van der Waals surface area contributed by atoms with E-state index < -0.39 is 0 Å². The maximum atomic E-state index is 9.97. The minimum absolute atomic E-state index is 0.0116. The molecule has 0 atom stereocenters. The van der Waals surface area contributed by atoms with Crippen LogP contribution in [-0.2, 0) is 5.41 Å². The highest BCUT2D eigenvalue weighted by atomic mass is 35.5. The molecule has 2 rings (SSSR count). The van der Waals surface area contributed by atoms with Gasteiger partial charge in [0, 0.05) is 11.8 Å². The van der Waals surface area contributed by atoms with Gasteiger partial charge in [-0.15, -0.1) is 0 Å². The summed E-state index contributed by atoms with van der Waals surface area (Å²) in [6.45, 7) is 8.18. The summed E-state index contributed by atoms with van der Waals surface area (Å²) >= 11 is 5.96. The minimum Gasteiger partial charge on any atom is -0.506 e.